The van der Waals surface area contributed by atoms with Crippen molar-refractivity contribution in [1.29, 1.82) is 0 Å². The Bertz CT molecular complexity index is 178. The van der Waals surface area contributed by atoms with Gasteiger partial charge in [-0.2, -0.15) is 0 Å². The van der Waals surface area contributed by atoms with Crippen LogP contribution in [0, 0.1) is 5.92 Å². The average Bonchev–Trinajstić information content (AvgIpc) is 2.88. The highest BCUT2D eigenvalue weighted by atomic mass is 16.1. The quantitative estimate of drug-likeness (QED) is 0.650. The van der Waals surface area contributed by atoms with E-state index >= 15 is 0 Å². The van der Waals surface area contributed by atoms with E-state index < -0.39 is 0 Å². The van der Waals surface area contributed by atoms with Crippen molar-refractivity contribution in [2.45, 2.75) is 51.5 Å². The molecule has 0 bridgehead atoms. The van der Waals surface area contributed by atoms with E-state index in [0.29, 0.717) is 6.42 Å². The molecule has 1 saturated carbocycles. The molecule has 1 unspecified atom stereocenters. The Morgan fingerprint density at radius 2 is 2.29 bits per heavy atom. The smallest absolute Gasteiger partial charge is 0.221 e. The summed E-state index contributed by atoms with van der Waals surface area (Å²) in [5, 5.41) is 2.92. The van der Waals surface area contributed by atoms with Gasteiger partial charge in [-0.3, -0.25) is 4.79 Å². The third-order valence-corrected chi connectivity index (χ3v) is 2.68. The number of carbonyl (C=O) groups excluding carboxylic acids is 1. The van der Waals surface area contributed by atoms with Crippen LogP contribution in [-0.4, -0.2) is 18.5 Å². The van der Waals surface area contributed by atoms with Crippen molar-refractivity contribution in [1.82, 2.24) is 5.32 Å². The summed E-state index contributed by atoms with van der Waals surface area (Å²) in [7, 11) is 0. The summed E-state index contributed by atoms with van der Waals surface area (Å²) in [6.45, 7) is 2.92. The molecule has 3 N–H and O–H groups in total. The van der Waals surface area contributed by atoms with Crippen molar-refractivity contribution in [2.75, 3.05) is 6.54 Å². The third kappa shape index (κ3) is 5.22. The van der Waals surface area contributed by atoms with E-state index in [1.165, 1.54) is 12.8 Å². The van der Waals surface area contributed by atoms with Gasteiger partial charge in [0.25, 0.3) is 0 Å². The lowest BCUT2D eigenvalue weighted by Gasteiger charge is -2.10. The van der Waals surface area contributed by atoms with E-state index in [9.17, 15) is 4.79 Å². The molecule has 3 heteroatoms. The van der Waals surface area contributed by atoms with Gasteiger partial charge in [0.1, 0.15) is 0 Å². The normalized spacial score (nSPS) is 17.9. The molecule has 0 heterocycles. The Hall–Kier alpha value is -0.570. The number of nitrogens with two attached hydrogens (primary N) is 1. The van der Waals surface area contributed by atoms with E-state index in [1.807, 2.05) is 0 Å². The summed E-state index contributed by atoms with van der Waals surface area (Å²) in [4.78, 5) is 11.3. The summed E-state index contributed by atoms with van der Waals surface area (Å²) in [5.74, 6) is 1.01. The molecule has 0 aliphatic heterocycles. The molecule has 0 aromatic rings. The Kier molecular flexibility index (Phi) is 4.94. The minimum atomic E-state index is 0.0425. The molecule has 0 spiro atoms. The molecule has 1 rings (SSSR count). The first-order valence-electron chi connectivity index (χ1n) is 5.74. The van der Waals surface area contributed by atoms with E-state index in [-0.39, 0.29) is 11.9 Å². The fraction of sp³-hybridized carbons (Fsp3) is 0.909. The predicted molar refractivity (Wildman–Crippen MR) is 57.9 cm³/mol. The molecule has 14 heavy (non-hydrogen) atoms. The molecule has 0 aromatic heterocycles. The van der Waals surface area contributed by atoms with Gasteiger partial charge in [0, 0.05) is 19.0 Å². The van der Waals surface area contributed by atoms with Crippen molar-refractivity contribution < 1.29 is 4.79 Å². The molecular formula is C11H22N2O. The zero-order valence-electron chi connectivity index (χ0n) is 9.09. The molecule has 3 nitrogen and oxygen atoms in total. The van der Waals surface area contributed by atoms with Crippen LogP contribution >= 0.6 is 0 Å². The van der Waals surface area contributed by atoms with Crippen LogP contribution in [0.1, 0.15) is 45.4 Å². The highest BCUT2D eigenvalue weighted by Gasteiger charge is 2.20. The van der Waals surface area contributed by atoms with Crippen LogP contribution in [0.5, 0.6) is 0 Å². The third-order valence-electron chi connectivity index (χ3n) is 2.68. The van der Waals surface area contributed by atoms with Crippen LogP contribution in [0.25, 0.3) is 0 Å². The summed E-state index contributed by atoms with van der Waals surface area (Å²) in [6, 6.07) is 0.0425. The number of amides is 1. The maximum Gasteiger partial charge on any atom is 0.221 e. The SMILES string of the molecule is CCCC(N)CC(=O)NCCC1CC1. The topological polar surface area (TPSA) is 55.1 Å². The largest absolute Gasteiger partial charge is 0.356 e. The molecule has 0 saturated heterocycles. The zero-order chi connectivity index (χ0) is 10.4. The number of rotatable bonds is 7. The van der Waals surface area contributed by atoms with Gasteiger partial charge >= 0.3 is 0 Å². The van der Waals surface area contributed by atoms with Crippen LogP contribution < -0.4 is 11.1 Å². The first kappa shape index (κ1) is 11.5. The molecule has 0 aromatic carbocycles. The molecule has 1 atom stereocenters. The van der Waals surface area contributed by atoms with Crippen molar-refractivity contribution in [2.24, 2.45) is 11.7 Å². The van der Waals surface area contributed by atoms with Crippen molar-refractivity contribution >= 4 is 5.91 Å². The Morgan fingerprint density at radius 1 is 1.57 bits per heavy atom. The maximum atomic E-state index is 11.3. The first-order valence-corrected chi connectivity index (χ1v) is 5.74. The maximum absolute atomic E-state index is 11.3. The van der Waals surface area contributed by atoms with Crippen molar-refractivity contribution in [3.8, 4) is 0 Å². The Balaban J connectivity index is 1.96. The molecule has 1 aliphatic rings. The van der Waals surface area contributed by atoms with Gasteiger partial charge < -0.3 is 11.1 Å². The number of hydrogen-bond donors (Lipinski definition) is 2. The lowest BCUT2D eigenvalue weighted by atomic mass is 10.1. The predicted octanol–water partition coefficient (Wildman–Crippen LogP) is 1.42. The Labute approximate surface area is 86.4 Å². The van der Waals surface area contributed by atoms with Gasteiger partial charge in [-0.25, -0.2) is 0 Å². The highest BCUT2D eigenvalue weighted by Crippen LogP contribution is 2.31. The van der Waals surface area contributed by atoms with Gasteiger partial charge in [0.2, 0.25) is 5.91 Å². The second-order valence-electron chi connectivity index (χ2n) is 4.33. The lowest BCUT2D eigenvalue weighted by Crippen LogP contribution is -2.32. The molecule has 82 valence electrons. The van der Waals surface area contributed by atoms with Crippen LogP contribution in [0.2, 0.25) is 0 Å². The van der Waals surface area contributed by atoms with Crippen LogP contribution in [0.15, 0.2) is 0 Å². The van der Waals surface area contributed by atoms with Gasteiger partial charge in [-0.15, -0.1) is 0 Å². The summed E-state index contributed by atoms with van der Waals surface area (Å²) in [6.07, 6.45) is 6.33. The highest BCUT2D eigenvalue weighted by molar-refractivity contribution is 5.76. The van der Waals surface area contributed by atoms with Crippen LogP contribution in [0.3, 0.4) is 0 Å². The summed E-state index contributed by atoms with van der Waals surface area (Å²) >= 11 is 0. The van der Waals surface area contributed by atoms with Crippen LogP contribution in [-0.2, 0) is 4.79 Å². The van der Waals surface area contributed by atoms with Gasteiger partial charge in [0.05, 0.1) is 0 Å². The number of carbonyl (C=O) groups is 1. The fourth-order valence-corrected chi connectivity index (χ4v) is 1.61. The van der Waals surface area contributed by atoms with Gasteiger partial charge in [-0.1, -0.05) is 26.2 Å². The first-order chi connectivity index (χ1) is 6.72. The minimum absolute atomic E-state index is 0.0425. The van der Waals surface area contributed by atoms with E-state index in [1.54, 1.807) is 0 Å². The van der Waals surface area contributed by atoms with Crippen LogP contribution in [0.4, 0.5) is 0 Å². The second kappa shape index (κ2) is 6.02. The number of hydrogen-bond acceptors (Lipinski definition) is 2. The molecule has 0 radical (unpaired) electrons. The second-order valence-corrected chi connectivity index (χ2v) is 4.33. The zero-order valence-corrected chi connectivity index (χ0v) is 9.09. The average molecular weight is 198 g/mol. The molecule has 1 fully saturated rings. The summed E-state index contributed by atoms with van der Waals surface area (Å²) < 4.78 is 0. The van der Waals surface area contributed by atoms with E-state index in [2.05, 4.69) is 12.2 Å². The fourth-order valence-electron chi connectivity index (χ4n) is 1.61. The Morgan fingerprint density at radius 3 is 2.86 bits per heavy atom. The number of nitrogens with one attached hydrogen (secondary N) is 1. The lowest BCUT2D eigenvalue weighted by molar-refractivity contribution is -0.121. The minimum Gasteiger partial charge on any atom is -0.356 e. The monoisotopic (exact) mass is 198 g/mol. The van der Waals surface area contributed by atoms with E-state index in [0.717, 1.165) is 31.7 Å². The van der Waals surface area contributed by atoms with E-state index in [4.69, 9.17) is 5.73 Å². The van der Waals surface area contributed by atoms with Gasteiger partial charge in [0.15, 0.2) is 0 Å². The van der Waals surface area contributed by atoms with Crippen molar-refractivity contribution in [3.63, 3.8) is 0 Å². The molecule has 1 aliphatic carbocycles. The standard InChI is InChI=1S/C11H22N2O/c1-2-3-10(12)8-11(14)13-7-6-9-4-5-9/h9-10H,2-8,12H2,1H3,(H,13,14). The molecular weight excluding hydrogens is 176 g/mol. The van der Waals surface area contributed by atoms with Crippen molar-refractivity contribution in [3.05, 3.63) is 0 Å². The molecule has 1 amide bonds. The summed E-state index contributed by atoms with van der Waals surface area (Å²) in [5.41, 5.74) is 5.77. The van der Waals surface area contributed by atoms with Gasteiger partial charge in [-0.05, 0) is 18.8 Å².